The largest absolute Gasteiger partial charge is 0.353 e. The molecule has 0 aromatic rings. The fraction of sp³-hybridized carbons (Fsp3) is 0.857. The molecule has 2 rings (SSSR count). The average molecular weight is 282 g/mol. The second-order valence-electron chi connectivity index (χ2n) is 5.52. The smallest absolute Gasteiger partial charge is 0.241 e. The summed E-state index contributed by atoms with van der Waals surface area (Å²) in [6.45, 7) is 8.83. The molecule has 2 fully saturated rings. The predicted molar refractivity (Wildman–Crippen MR) is 77.3 cm³/mol. The van der Waals surface area contributed by atoms with E-state index < -0.39 is 0 Å². The minimum absolute atomic E-state index is 0.0331. The van der Waals surface area contributed by atoms with Crippen LogP contribution in [0.1, 0.15) is 26.7 Å². The van der Waals surface area contributed by atoms with E-state index in [0.29, 0.717) is 12.6 Å². The van der Waals surface area contributed by atoms with Crippen LogP contribution in [0.3, 0.4) is 0 Å². The average Bonchev–Trinajstić information content (AvgIpc) is 2.49. The highest BCUT2D eigenvalue weighted by Gasteiger charge is 2.31. The molecule has 6 nitrogen and oxygen atoms in total. The number of carbonyl (C=O) groups excluding carboxylic acids is 2. The van der Waals surface area contributed by atoms with Gasteiger partial charge < -0.3 is 15.1 Å². The summed E-state index contributed by atoms with van der Waals surface area (Å²) >= 11 is 0. The first kappa shape index (κ1) is 15.3. The van der Waals surface area contributed by atoms with Gasteiger partial charge in [0.05, 0.1) is 6.54 Å². The molecule has 114 valence electrons. The van der Waals surface area contributed by atoms with Gasteiger partial charge in [0.25, 0.3) is 0 Å². The normalized spacial score (nSPS) is 24.9. The quantitative estimate of drug-likeness (QED) is 0.723. The molecule has 0 aromatic heterocycles. The summed E-state index contributed by atoms with van der Waals surface area (Å²) in [4.78, 5) is 27.9. The molecule has 2 heterocycles. The molecule has 1 atom stereocenters. The van der Waals surface area contributed by atoms with Crippen LogP contribution in [0.4, 0.5) is 0 Å². The van der Waals surface area contributed by atoms with Crippen molar-refractivity contribution < 1.29 is 9.59 Å². The van der Waals surface area contributed by atoms with Crippen LogP contribution in [0.2, 0.25) is 0 Å². The van der Waals surface area contributed by atoms with Crippen LogP contribution in [0, 0.1) is 0 Å². The summed E-state index contributed by atoms with van der Waals surface area (Å²) in [6, 6.07) is 0.353. The molecule has 0 radical (unpaired) electrons. The van der Waals surface area contributed by atoms with Gasteiger partial charge in [0.1, 0.15) is 6.04 Å². The number of piperazine rings is 1. The van der Waals surface area contributed by atoms with Gasteiger partial charge in [0.2, 0.25) is 11.8 Å². The van der Waals surface area contributed by atoms with Crippen molar-refractivity contribution >= 4 is 11.8 Å². The molecule has 0 spiro atoms. The number of rotatable bonds is 4. The van der Waals surface area contributed by atoms with E-state index in [-0.39, 0.29) is 24.4 Å². The molecular weight excluding hydrogens is 256 g/mol. The predicted octanol–water partition coefficient (Wildman–Crippen LogP) is -0.593. The van der Waals surface area contributed by atoms with Crippen LogP contribution < -0.4 is 10.6 Å². The Morgan fingerprint density at radius 3 is 2.45 bits per heavy atom. The molecule has 20 heavy (non-hydrogen) atoms. The van der Waals surface area contributed by atoms with Crippen LogP contribution in [0.25, 0.3) is 0 Å². The maximum atomic E-state index is 12.4. The zero-order valence-electron chi connectivity index (χ0n) is 12.5. The highest BCUT2D eigenvalue weighted by atomic mass is 16.2. The van der Waals surface area contributed by atoms with E-state index in [0.717, 1.165) is 39.0 Å². The highest BCUT2D eigenvalue weighted by Crippen LogP contribution is 2.17. The fourth-order valence-corrected chi connectivity index (χ4v) is 3.15. The van der Waals surface area contributed by atoms with Crippen molar-refractivity contribution in [3.8, 4) is 0 Å². The Kier molecular flexibility index (Phi) is 5.37. The third-order valence-electron chi connectivity index (χ3n) is 4.42. The molecule has 2 N–H and O–H groups in total. The summed E-state index contributed by atoms with van der Waals surface area (Å²) in [5.74, 6) is 0.0947. The first-order chi connectivity index (χ1) is 9.65. The van der Waals surface area contributed by atoms with Crippen LogP contribution in [0.5, 0.6) is 0 Å². The molecule has 2 aliphatic heterocycles. The number of nitrogens with one attached hydrogen (secondary N) is 2. The second-order valence-corrected chi connectivity index (χ2v) is 5.52. The summed E-state index contributed by atoms with van der Waals surface area (Å²) < 4.78 is 0. The molecule has 0 aromatic carbocycles. The maximum absolute atomic E-state index is 12.4. The summed E-state index contributed by atoms with van der Waals surface area (Å²) in [5.41, 5.74) is 0. The number of nitrogens with zero attached hydrogens (tertiary/aromatic N) is 2. The van der Waals surface area contributed by atoms with Crippen LogP contribution in [-0.4, -0.2) is 73.0 Å². The number of piperidine rings is 1. The van der Waals surface area contributed by atoms with Gasteiger partial charge in [0.15, 0.2) is 0 Å². The van der Waals surface area contributed by atoms with E-state index in [1.807, 2.05) is 4.90 Å². The van der Waals surface area contributed by atoms with E-state index in [9.17, 15) is 9.59 Å². The highest BCUT2D eigenvalue weighted by molar-refractivity contribution is 5.86. The Morgan fingerprint density at radius 1 is 1.30 bits per heavy atom. The summed E-state index contributed by atoms with van der Waals surface area (Å²) in [7, 11) is 0. The minimum Gasteiger partial charge on any atom is -0.353 e. The fourth-order valence-electron chi connectivity index (χ4n) is 3.15. The van der Waals surface area contributed by atoms with Crippen LogP contribution in [-0.2, 0) is 9.59 Å². The Morgan fingerprint density at radius 2 is 1.95 bits per heavy atom. The van der Waals surface area contributed by atoms with E-state index in [1.54, 1.807) is 0 Å². The SMILES string of the molecule is CCN(CC)C1CCN(C(=O)C2CNC(=O)CN2)CC1. The third kappa shape index (κ3) is 3.49. The summed E-state index contributed by atoms with van der Waals surface area (Å²) in [6.07, 6.45) is 2.10. The molecule has 6 heteroatoms. The Hall–Kier alpha value is -1.14. The standard InChI is InChI=1S/C14H26N4O2/c1-3-17(4-2)11-5-7-18(8-6-11)14(20)12-9-16-13(19)10-15-12/h11-12,15H,3-10H2,1-2H3,(H,16,19). The van der Waals surface area contributed by atoms with E-state index in [1.165, 1.54) is 0 Å². The number of hydrogen-bond acceptors (Lipinski definition) is 4. The molecule has 0 saturated carbocycles. The van der Waals surface area contributed by atoms with Crippen molar-refractivity contribution in [1.29, 1.82) is 0 Å². The first-order valence-corrected chi connectivity index (χ1v) is 7.68. The monoisotopic (exact) mass is 282 g/mol. The van der Waals surface area contributed by atoms with E-state index >= 15 is 0 Å². The minimum atomic E-state index is -0.252. The molecule has 2 aliphatic rings. The van der Waals surface area contributed by atoms with E-state index in [4.69, 9.17) is 0 Å². The second kappa shape index (κ2) is 7.04. The van der Waals surface area contributed by atoms with Crippen molar-refractivity contribution in [3.63, 3.8) is 0 Å². The number of likely N-dealkylation sites (tertiary alicyclic amines) is 1. The number of carbonyl (C=O) groups is 2. The van der Waals surface area contributed by atoms with Crippen molar-refractivity contribution in [2.24, 2.45) is 0 Å². The zero-order chi connectivity index (χ0) is 14.5. The van der Waals surface area contributed by atoms with Crippen molar-refractivity contribution in [2.45, 2.75) is 38.8 Å². The van der Waals surface area contributed by atoms with Gasteiger partial charge in [0, 0.05) is 25.7 Å². The van der Waals surface area contributed by atoms with Gasteiger partial charge in [-0.25, -0.2) is 0 Å². The van der Waals surface area contributed by atoms with Crippen LogP contribution in [0.15, 0.2) is 0 Å². The number of amides is 2. The lowest BCUT2D eigenvalue weighted by Gasteiger charge is -2.39. The maximum Gasteiger partial charge on any atom is 0.241 e. The molecule has 0 bridgehead atoms. The Balaban J connectivity index is 1.81. The van der Waals surface area contributed by atoms with Crippen molar-refractivity contribution in [3.05, 3.63) is 0 Å². The lowest BCUT2D eigenvalue weighted by atomic mass is 10.0. The Labute approximate surface area is 120 Å². The van der Waals surface area contributed by atoms with Crippen LogP contribution >= 0.6 is 0 Å². The lowest BCUT2D eigenvalue weighted by Crippen LogP contribution is -2.60. The molecular formula is C14H26N4O2. The van der Waals surface area contributed by atoms with Crippen molar-refractivity contribution in [1.82, 2.24) is 20.4 Å². The first-order valence-electron chi connectivity index (χ1n) is 7.68. The topological polar surface area (TPSA) is 64.7 Å². The zero-order valence-corrected chi connectivity index (χ0v) is 12.5. The van der Waals surface area contributed by atoms with Gasteiger partial charge in [-0.1, -0.05) is 13.8 Å². The molecule has 2 saturated heterocycles. The number of hydrogen-bond donors (Lipinski definition) is 2. The van der Waals surface area contributed by atoms with Gasteiger partial charge in [-0.2, -0.15) is 0 Å². The molecule has 2 amide bonds. The third-order valence-corrected chi connectivity index (χ3v) is 4.42. The van der Waals surface area contributed by atoms with Gasteiger partial charge >= 0.3 is 0 Å². The van der Waals surface area contributed by atoms with E-state index in [2.05, 4.69) is 29.4 Å². The molecule has 0 aliphatic carbocycles. The summed E-state index contributed by atoms with van der Waals surface area (Å²) in [5, 5.41) is 5.75. The Bertz CT molecular complexity index is 339. The van der Waals surface area contributed by atoms with Gasteiger partial charge in [-0.3, -0.25) is 14.9 Å². The van der Waals surface area contributed by atoms with Crippen molar-refractivity contribution in [2.75, 3.05) is 39.3 Å². The van der Waals surface area contributed by atoms with Gasteiger partial charge in [-0.05, 0) is 25.9 Å². The molecule has 1 unspecified atom stereocenters. The van der Waals surface area contributed by atoms with Gasteiger partial charge in [-0.15, -0.1) is 0 Å². The lowest BCUT2D eigenvalue weighted by molar-refractivity contribution is -0.136.